The monoisotopic (exact) mass is 310 g/mol. The molecule has 0 unspecified atom stereocenters. The minimum Gasteiger partial charge on any atom is -0.481 e. The van der Waals surface area contributed by atoms with Crippen molar-refractivity contribution in [2.75, 3.05) is 12.4 Å². The maximum Gasteiger partial charge on any atom is 0.257 e. The maximum atomic E-state index is 12.1. The maximum absolute atomic E-state index is 12.1. The standard InChI is InChI=1S/C15H14N6O2/c1-10-16-5-6-21(10)15-18-8-12(9-19-15)20-14(22)11-3-4-13(23-2)17-7-11/h3-9H,1-2H3,(H,20,22). The van der Waals surface area contributed by atoms with Crippen molar-refractivity contribution in [3.05, 3.63) is 54.5 Å². The Bertz CT molecular complexity index is 811. The van der Waals surface area contributed by atoms with Gasteiger partial charge >= 0.3 is 0 Å². The van der Waals surface area contributed by atoms with Crippen molar-refractivity contribution in [1.29, 1.82) is 0 Å². The van der Waals surface area contributed by atoms with E-state index in [1.165, 1.54) is 25.7 Å². The van der Waals surface area contributed by atoms with Crippen LogP contribution < -0.4 is 10.1 Å². The number of carbonyl (C=O) groups excluding carboxylic acids is 1. The van der Waals surface area contributed by atoms with E-state index in [4.69, 9.17) is 4.74 Å². The average molecular weight is 310 g/mol. The summed E-state index contributed by atoms with van der Waals surface area (Å²) in [5.74, 6) is 1.43. The number of nitrogens with zero attached hydrogens (tertiary/aromatic N) is 5. The predicted octanol–water partition coefficient (Wildman–Crippen LogP) is 1.63. The summed E-state index contributed by atoms with van der Waals surface area (Å²) < 4.78 is 6.70. The van der Waals surface area contributed by atoms with Gasteiger partial charge in [-0.05, 0) is 13.0 Å². The van der Waals surface area contributed by atoms with Gasteiger partial charge in [-0.15, -0.1) is 0 Å². The molecule has 3 aromatic rings. The van der Waals surface area contributed by atoms with Crippen LogP contribution in [0.5, 0.6) is 5.88 Å². The van der Waals surface area contributed by atoms with Gasteiger partial charge in [-0.25, -0.2) is 19.9 Å². The van der Waals surface area contributed by atoms with Gasteiger partial charge in [-0.3, -0.25) is 9.36 Å². The molecule has 3 aromatic heterocycles. The third kappa shape index (κ3) is 3.15. The molecule has 0 saturated heterocycles. The minimum atomic E-state index is -0.296. The van der Waals surface area contributed by atoms with Crippen LogP contribution in [0, 0.1) is 6.92 Å². The normalized spacial score (nSPS) is 10.3. The molecule has 0 aliphatic heterocycles. The number of pyridine rings is 1. The Balaban J connectivity index is 1.72. The first-order chi connectivity index (χ1) is 11.2. The summed E-state index contributed by atoms with van der Waals surface area (Å²) in [6, 6.07) is 3.25. The van der Waals surface area contributed by atoms with Crippen LogP contribution in [0.4, 0.5) is 5.69 Å². The molecule has 8 nitrogen and oxygen atoms in total. The van der Waals surface area contributed by atoms with Crippen molar-refractivity contribution in [3.63, 3.8) is 0 Å². The number of methoxy groups -OCH3 is 1. The lowest BCUT2D eigenvalue weighted by Crippen LogP contribution is -2.13. The van der Waals surface area contributed by atoms with Crippen LogP contribution in [0.1, 0.15) is 16.2 Å². The lowest BCUT2D eigenvalue weighted by Gasteiger charge is -2.06. The summed E-state index contributed by atoms with van der Waals surface area (Å²) in [5, 5.41) is 2.71. The highest BCUT2D eigenvalue weighted by molar-refractivity contribution is 6.03. The van der Waals surface area contributed by atoms with Gasteiger partial charge in [0.05, 0.1) is 30.8 Å². The van der Waals surface area contributed by atoms with Gasteiger partial charge in [-0.1, -0.05) is 0 Å². The molecule has 1 N–H and O–H groups in total. The van der Waals surface area contributed by atoms with Gasteiger partial charge in [0.15, 0.2) is 0 Å². The number of carbonyl (C=O) groups is 1. The van der Waals surface area contributed by atoms with Crippen molar-refractivity contribution >= 4 is 11.6 Å². The molecule has 8 heteroatoms. The molecule has 0 aliphatic rings. The van der Waals surface area contributed by atoms with Gasteiger partial charge in [-0.2, -0.15) is 0 Å². The van der Waals surface area contributed by atoms with E-state index in [-0.39, 0.29) is 5.91 Å². The van der Waals surface area contributed by atoms with E-state index in [9.17, 15) is 4.79 Å². The van der Waals surface area contributed by atoms with Crippen LogP contribution in [0.15, 0.2) is 43.1 Å². The van der Waals surface area contributed by atoms with Gasteiger partial charge in [0, 0.05) is 24.7 Å². The smallest absolute Gasteiger partial charge is 0.257 e. The minimum absolute atomic E-state index is 0.296. The summed E-state index contributed by atoms with van der Waals surface area (Å²) in [7, 11) is 1.52. The number of nitrogens with one attached hydrogen (secondary N) is 1. The summed E-state index contributed by atoms with van der Waals surface area (Å²) in [6.07, 6.45) is 7.96. The van der Waals surface area contributed by atoms with E-state index < -0.39 is 0 Å². The second-order valence-corrected chi connectivity index (χ2v) is 4.66. The van der Waals surface area contributed by atoms with Crippen molar-refractivity contribution in [1.82, 2.24) is 24.5 Å². The lowest BCUT2D eigenvalue weighted by molar-refractivity contribution is 0.102. The number of aryl methyl sites for hydroxylation is 1. The van der Waals surface area contributed by atoms with Crippen LogP contribution in [0.3, 0.4) is 0 Å². The SMILES string of the molecule is COc1ccc(C(=O)Nc2cnc(-n3ccnc3C)nc2)cn1. The van der Waals surface area contributed by atoms with Gasteiger partial charge in [0.1, 0.15) is 5.82 Å². The fourth-order valence-electron chi connectivity index (χ4n) is 1.94. The molecule has 116 valence electrons. The number of ether oxygens (including phenoxy) is 1. The molecular weight excluding hydrogens is 296 g/mol. The van der Waals surface area contributed by atoms with Crippen LogP contribution in [0.25, 0.3) is 5.95 Å². The molecule has 0 saturated carbocycles. The molecule has 0 radical (unpaired) electrons. The molecule has 0 spiro atoms. The third-order valence-electron chi connectivity index (χ3n) is 3.14. The number of amides is 1. The quantitative estimate of drug-likeness (QED) is 0.787. The molecule has 0 bridgehead atoms. The molecule has 0 fully saturated rings. The number of aromatic nitrogens is 5. The zero-order valence-corrected chi connectivity index (χ0v) is 12.6. The van der Waals surface area contributed by atoms with Crippen molar-refractivity contribution in [3.8, 4) is 11.8 Å². The van der Waals surface area contributed by atoms with Crippen LogP contribution in [-0.2, 0) is 0 Å². The Morgan fingerprint density at radius 1 is 1.13 bits per heavy atom. The highest BCUT2D eigenvalue weighted by atomic mass is 16.5. The zero-order valence-electron chi connectivity index (χ0n) is 12.6. The second kappa shape index (κ2) is 6.22. The van der Waals surface area contributed by atoms with Crippen LogP contribution >= 0.6 is 0 Å². The van der Waals surface area contributed by atoms with E-state index in [0.717, 1.165) is 5.82 Å². The highest BCUT2D eigenvalue weighted by Crippen LogP contribution is 2.11. The van der Waals surface area contributed by atoms with Gasteiger partial charge in [0.25, 0.3) is 5.91 Å². The van der Waals surface area contributed by atoms with E-state index >= 15 is 0 Å². The number of imidazole rings is 1. The highest BCUT2D eigenvalue weighted by Gasteiger charge is 2.09. The first-order valence-electron chi connectivity index (χ1n) is 6.81. The van der Waals surface area contributed by atoms with E-state index in [2.05, 4.69) is 25.3 Å². The molecule has 1 amide bonds. The third-order valence-corrected chi connectivity index (χ3v) is 3.14. The molecule has 23 heavy (non-hydrogen) atoms. The molecular formula is C15H14N6O2. The molecule has 0 aromatic carbocycles. The summed E-state index contributed by atoms with van der Waals surface area (Å²) in [5.41, 5.74) is 0.910. The fourth-order valence-corrected chi connectivity index (χ4v) is 1.94. The number of hydrogen-bond donors (Lipinski definition) is 1. The van der Waals surface area contributed by atoms with Crippen molar-refractivity contribution in [2.45, 2.75) is 6.92 Å². The fraction of sp³-hybridized carbons (Fsp3) is 0.133. The Labute approximate surface area is 132 Å². The lowest BCUT2D eigenvalue weighted by atomic mass is 10.2. The molecule has 0 atom stereocenters. The number of anilines is 1. The van der Waals surface area contributed by atoms with E-state index in [0.29, 0.717) is 23.1 Å². The van der Waals surface area contributed by atoms with Crippen molar-refractivity contribution < 1.29 is 9.53 Å². The van der Waals surface area contributed by atoms with Gasteiger partial charge in [0.2, 0.25) is 11.8 Å². The van der Waals surface area contributed by atoms with Crippen LogP contribution in [-0.4, -0.2) is 37.5 Å². The van der Waals surface area contributed by atoms with Gasteiger partial charge < -0.3 is 10.1 Å². The van der Waals surface area contributed by atoms with E-state index in [1.807, 2.05) is 6.92 Å². The summed E-state index contributed by atoms with van der Waals surface area (Å²) in [6.45, 7) is 1.86. The summed E-state index contributed by atoms with van der Waals surface area (Å²) in [4.78, 5) is 28.7. The van der Waals surface area contributed by atoms with E-state index in [1.54, 1.807) is 29.1 Å². The first-order valence-corrected chi connectivity index (χ1v) is 6.81. The Hall–Kier alpha value is -3.29. The Kier molecular flexibility index (Phi) is 3.96. The Morgan fingerprint density at radius 2 is 1.91 bits per heavy atom. The average Bonchev–Trinajstić information content (AvgIpc) is 3.01. The van der Waals surface area contributed by atoms with Crippen molar-refractivity contribution in [2.24, 2.45) is 0 Å². The largest absolute Gasteiger partial charge is 0.481 e. The summed E-state index contributed by atoms with van der Waals surface area (Å²) >= 11 is 0. The van der Waals surface area contributed by atoms with Crippen LogP contribution in [0.2, 0.25) is 0 Å². The first kappa shape index (κ1) is 14.6. The predicted molar refractivity (Wildman–Crippen MR) is 82.6 cm³/mol. The molecule has 3 rings (SSSR count). The molecule has 0 aliphatic carbocycles. The Morgan fingerprint density at radius 3 is 2.48 bits per heavy atom. The second-order valence-electron chi connectivity index (χ2n) is 4.66. The number of hydrogen-bond acceptors (Lipinski definition) is 6. The zero-order chi connectivity index (χ0) is 16.2. The topological polar surface area (TPSA) is 94.8 Å². The molecule has 3 heterocycles. The number of rotatable bonds is 4.